The molecule has 3 aliphatic rings. The Morgan fingerprint density at radius 1 is 1.24 bits per heavy atom. The van der Waals surface area contributed by atoms with Gasteiger partial charge in [-0.2, -0.15) is 0 Å². The molecule has 182 valence electrons. The Morgan fingerprint density at radius 2 is 1.88 bits per heavy atom. The van der Waals surface area contributed by atoms with Gasteiger partial charge in [-0.15, -0.1) is 0 Å². The molecular weight excluding hydrogens is 442 g/mol. The van der Waals surface area contributed by atoms with E-state index in [1.54, 1.807) is 0 Å². The van der Waals surface area contributed by atoms with Gasteiger partial charge in [-0.05, 0) is 70.3 Å². The van der Waals surface area contributed by atoms with E-state index in [9.17, 15) is 14.7 Å². The average molecular weight is 478 g/mol. The molecule has 0 aliphatic carbocycles. The van der Waals surface area contributed by atoms with Crippen LogP contribution in [0.5, 0.6) is 0 Å². The summed E-state index contributed by atoms with van der Waals surface area (Å²) < 4.78 is 5.17. The number of nitrogens with one attached hydrogen (secondary N) is 1. The van der Waals surface area contributed by atoms with Crippen LogP contribution >= 0.6 is 11.6 Å². The zero-order chi connectivity index (χ0) is 24.0. The number of quaternary nitrogens is 1. The topological polar surface area (TPSA) is 81.7 Å². The molecule has 7 nitrogen and oxygen atoms in total. The summed E-state index contributed by atoms with van der Waals surface area (Å²) in [5, 5.41) is 16.4. The molecule has 1 spiro atoms. The van der Waals surface area contributed by atoms with E-state index in [0.29, 0.717) is 25.9 Å². The van der Waals surface area contributed by atoms with Crippen molar-refractivity contribution in [3.63, 3.8) is 0 Å². The zero-order valence-electron chi connectivity index (χ0n) is 20.2. The molecule has 1 atom stereocenters. The maximum absolute atomic E-state index is 12.9. The quantitative estimate of drug-likeness (QED) is 0.532. The SMILES string of the molecule is COC(=O)C(C1CC[N+](C(=O)[O-])(C(C)(C)C)CC1)N1CCC2(CC1)CNc1cc(Cl)ccc12. The molecule has 3 heterocycles. The van der Waals surface area contributed by atoms with Crippen LogP contribution in [0.4, 0.5) is 10.5 Å². The third kappa shape index (κ3) is 4.13. The maximum atomic E-state index is 12.9. The molecule has 8 heteroatoms. The summed E-state index contributed by atoms with van der Waals surface area (Å²) in [7, 11) is 1.45. The second-order valence-electron chi connectivity index (χ2n) is 11.0. The van der Waals surface area contributed by atoms with Gasteiger partial charge in [0.25, 0.3) is 6.09 Å². The van der Waals surface area contributed by atoms with Gasteiger partial charge >= 0.3 is 5.97 Å². The van der Waals surface area contributed by atoms with E-state index < -0.39 is 11.6 Å². The van der Waals surface area contributed by atoms with Crippen molar-refractivity contribution in [1.82, 2.24) is 4.90 Å². The molecule has 4 rings (SSSR count). The number of hydrogen-bond donors (Lipinski definition) is 1. The number of nitrogens with zero attached hydrogens (tertiary/aromatic N) is 2. The minimum absolute atomic E-state index is 0.0640. The molecule has 1 N–H and O–H groups in total. The van der Waals surface area contributed by atoms with E-state index in [4.69, 9.17) is 16.3 Å². The van der Waals surface area contributed by atoms with E-state index in [1.807, 2.05) is 32.9 Å². The predicted molar refractivity (Wildman–Crippen MR) is 126 cm³/mol. The molecule has 33 heavy (non-hydrogen) atoms. The smallest absolute Gasteiger partial charge is 0.323 e. The Balaban J connectivity index is 1.48. The van der Waals surface area contributed by atoms with Crippen molar-refractivity contribution >= 4 is 29.4 Å². The lowest BCUT2D eigenvalue weighted by Crippen LogP contribution is -2.70. The van der Waals surface area contributed by atoms with Crippen molar-refractivity contribution in [2.45, 2.75) is 63.5 Å². The van der Waals surface area contributed by atoms with Crippen LogP contribution in [0.25, 0.3) is 0 Å². The molecular formula is C25H36ClN3O4. The van der Waals surface area contributed by atoms with Crippen LogP contribution in [0.2, 0.25) is 5.02 Å². The Hall–Kier alpha value is -1.83. The Morgan fingerprint density at radius 3 is 2.42 bits per heavy atom. The first kappa shape index (κ1) is 24.3. The standard InChI is InChI=1S/C25H36ClN3O4/c1-24(2,3)29(23(31)32)13-7-17(8-14-29)21(22(30)33-4)28-11-9-25(10-12-28)16-27-20-15-18(26)5-6-19(20)25/h5-6,15,17,21,27H,7-14,16H2,1-4H3. The number of methoxy groups -OCH3 is 1. The number of carboxylic acid groups (broad SMARTS) is 1. The van der Waals surface area contributed by atoms with Crippen molar-refractivity contribution < 1.29 is 23.9 Å². The molecule has 0 aromatic heterocycles. The van der Waals surface area contributed by atoms with Crippen LogP contribution in [0.1, 0.15) is 52.0 Å². The number of esters is 1. The van der Waals surface area contributed by atoms with Crippen LogP contribution in [0.3, 0.4) is 0 Å². The molecule has 0 bridgehead atoms. The molecule has 0 radical (unpaired) electrons. The molecule has 2 saturated heterocycles. The third-order valence-electron chi connectivity index (χ3n) is 8.60. The summed E-state index contributed by atoms with van der Waals surface area (Å²) in [5.74, 6) is -0.135. The number of halogens is 1. The van der Waals surface area contributed by atoms with E-state index >= 15 is 0 Å². The Kier molecular flexibility index (Phi) is 6.44. The number of likely N-dealkylation sites (tertiary alicyclic amines) is 2. The fraction of sp³-hybridized carbons (Fsp3) is 0.680. The van der Waals surface area contributed by atoms with Gasteiger partial charge in [0, 0.05) is 35.5 Å². The number of piperidine rings is 2. The largest absolute Gasteiger partial charge is 0.498 e. The first-order chi connectivity index (χ1) is 15.5. The summed E-state index contributed by atoms with van der Waals surface area (Å²) >= 11 is 6.18. The summed E-state index contributed by atoms with van der Waals surface area (Å²) in [6.07, 6.45) is 2.21. The highest BCUT2D eigenvalue weighted by atomic mass is 35.5. The highest BCUT2D eigenvalue weighted by molar-refractivity contribution is 6.30. The van der Waals surface area contributed by atoms with Crippen molar-refractivity contribution in [2.75, 3.05) is 45.2 Å². The van der Waals surface area contributed by atoms with E-state index in [0.717, 1.165) is 43.2 Å². The highest BCUT2D eigenvalue weighted by Gasteiger charge is 2.50. The van der Waals surface area contributed by atoms with Crippen LogP contribution in [-0.2, 0) is 14.9 Å². The minimum atomic E-state index is -1.03. The first-order valence-electron chi connectivity index (χ1n) is 12.0. The number of rotatable bonds is 3. The van der Waals surface area contributed by atoms with Crippen molar-refractivity contribution in [3.05, 3.63) is 28.8 Å². The number of ether oxygens (including phenoxy) is 1. The van der Waals surface area contributed by atoms with E-state index in [-0.39, 0.29) is 27.8 Å². The number of fused-ring (bicyclic) bond motifs is 2. The number of benzene rings is 1. The number of carbonyl (C=O) groups is 2. The lowest BCUT2D eigenvalue weighted by Gasteiger charge is -2.53. The van der Waals surface area contributed by atoms with Gasteiger partial charge in [-0.25, -0.2) is 0 Å². The average Bonchev–Trinajstić information content (AvgIpc) is 3.11. The van der Waals surface area contributed by atoms with E-state index in [2.05, 4.69) is 16.3 Å². The third-order valence-corrected chi connectivity index (χ3v) is 8.84. The number of hydrogen-bond acceptors (Lipinski definition) is 6. The maximum Gasteiger partial charge on any atom is 0.323 e. The van der Waals surface area contributed by atoms with Gasteiger partial charge in [-0.1, -0.05) is 17.7 Å². The van der Waals surface area contributed by atoms with Gasteiger partial charge < -0.3 is 20.0 Å². The van der Waals surface area contributed by atoms with Crippen LogP contribution in [0, 0.1) is 5.92 Å². The van der Waals surface area contributed by atoms with Crippen molar-refractivity contribution in [1.29, 1.82) is 0 Å². The van der Waals surface area contributed by atoms with Crippen LogP contribution < -0.4 is 10.4 Å². The summed E-state index contributed by atoms with van der Waals surface area (Å²) in [6, 6.07) is 5.75. The second-order valence-corrected chi connectivity index (χ2v) is 11.5. The van der Waals surface area contributed by atoms with Crippen molar-refractivity contribution in [3.8, 4) is 0 Å². The molecule has 1 aromatic rings. The summed E-state index contributed by atoms with van der Waals surface area (Å²) in [5.41, 5.74) is 2.05. The van der Waals surface area contributed by atoms with Gasteiger partial charge in [0.15, 0.2) is 0 Å². The predicted octanol–water partition coefficient (Wildman–Crippen LogP) is 3.01. The molecule has 1 amide bonds. The summed E-state index contributed by atoms with van der Waals surface area (Å²) in [4.78, 5) is 27.3. The molecule has 0 saturated carbocycles. The monoisotopic (exact) mass is 477 g/mol. The van der Waals surface area contributed by atoms with Gasteiger partial charge in [0.1, 0.15) is 6.04 Å². The normalized spacial score (nSPS) is 28.1. The Bertz CT molecular complexity index is 913. The highest BCUT2D eigenvalue weighted by Crippen LogP contribution is 2.46. The minimum Gasteiger partial charge on any atom is -0.498 e. The molecule has 3 aliphatic heterocycles. The Labute approximate surface area is 201 Å². The lowest BCUT2D eigenvalue weighted by atomic mass is 9.73. The summed E-state index contributed by atoms with van der Waals surface area (Å²) in [6.45, 7) is 9.29. The van der Waals surface area contributed by atoms with Crippen LogP contribution in [-0.4, -0.2) is 72.9 Å². The van der Waals surface area contributed by atoms with Gasteiger partial charge in [-0.3, -0.25) is 14.2 Å². The van der Waals surface area contributed by atoms with Crippen LogP contribution in [0.15, 0.2) is 18.2 Å². The fourth-order valence-electron chi connectivity index (χ4n) is 6.39. The zero-order valence-corrected chi connectivity index (χ0v) is 20.9. The fourth-order valence-corrected chi connectivity index (χ4v) is 6.57. The first-order valence-corrected chi connectivity index (χ1v) is 12.4. The number of carbonyl (C=O) groups excluding carboxylic acids is 2. The molecule has 2 fully saturated rings. The second kappa shape index (κ2) is 8.75. The van der Waals surface area contributed by atoms with Crippen molar-refractivity contribution in [2.24, 2.45) is 5.92 Å². The molecule has 1 unspecified atom stereocenters. The van der Waals surface area contributed by atoms with Gasteiger partial charge in [0.2, 0.25) is 0 Å². The van der Waals surface area contributed by atoms with E-state index in [1.165, 1.54) is 12.7 Å². The number of anilines is 1. The van der Waals surface area contributed by atoms with Gasteiger partial charge in [0.05, 0.1) is 25.7 Å². The number of amides is 1. The molecule has 1 aromatic carbocycles. The lowest BCUT2D eigenvalue weighted by molar-refractivity contribution is -0.924.